The van der Waals surface area contributed by atoms with Gasteiger partial charge in [-0.2, -0.15) is 5.10 Å². The summed E-state index contributed by atoms with van der Waals surface area (Å²) in [5.41, 5.74) is 4.92. The Morgan fingerprint density at radius 2 is 1.60 bits per heavy atom. The molecule has 0 saturated carbocycles. The summed E-state index contributed by atoms with van der Waals surface area (Å²) in [4.78, 5) is 56.5. The number of carbonyl (C=O) groups is 3. The molecule has 1 unspecified atom stereocenters. The highest BCUT2D eigenvalue weighted by atomic mass is 79.9. The lowest BCUT2D eigenvalue weighted by Crippen LogP contribution is -2.47. The van der Waals surface area contributed by atoms with E-state index in [2.05, 4.69) is 61.7 Å². The zero-order chi connectivity index (χ0) is 47.8. The molecule has 1 fully saturated rings. The fourth-order valence-corrected chi connectivity index (χ4v) is 8.74. The molecule has 68 heavy (non-hydrogen) atoms. The maximum atomic E-state index is 12.9. The number of hydrazone groups is 1. The van der Waals surface area contributed by atoms with Gasteiger partial charge in [-0.3, -0.25) is 14.5 Å². The predicted molar refractivity (Wildman–Crippen MR) is 268 cm³/mol. The number of aromatic nitrogens is 3. The zero-order valence-corrected chi connectivity index (χ0v) is 41.6. The standard InChI is InChI=1S/C47H53BrCl2N10O7S/c1-31-4-3-5-37(50)44(31)56-45(62)40-29-52-46(68-40)55-41-27-42(54-32(2)53-41)59-17-15-58(16-18-59)19-21-65-23-25-66-24-22-64-20-14-51-47(63)67-30-33-6-8-35(9-7-33)39-26-38(57-60(39)43(61)28-49)34-10-12-36(48)13-11-34/h3-13,27,29,39H,14-26,28,30H2,1-2H3,(H,51,63)(H,56,62)(H,52,53,54,55). The lowest BCUT2D eigenvalue weighted by molar-refractivity contribution is -0.130. The molecule has 2 aliphatic rings. The number of rotatable bonds is 22. The van der Waals surface area contributed by atoms with Crippen molar-refractivity contribution in [2.45, 2.75) is 32.9 Å². The van der Waals surface area contributed by atoms with Crippen LogP contribution in [0.15, 0.2) is 88.6 Å². The maximum absolute atomic E-state index is 12.9. The number of anilines is 4. The van der Waals surface area contributed by atoms with Gasteiger partial charge in [0.2, 0.25) is 0 Å². The molecule has 360 valence electrons. The largest absolute Gasteiger partial charge is 0.445 e. The number of hydrogen-bond acceptors (Lipinski definition) is 15. The highest BCUT2D eigenvalue weighted by Crippen LogP contribution is 2.34. The summed E-state index contributed by atoms with van der Waals surface area (Å²) in [6.45, 7) is 10.9. The highest BCUT2D eigenvalue weighted by molar-refractivity contribution is 9.10. The van der Waals surface area contributed by atoms with E-state index in [0.717, 1.165) is 71.0 Å². The average Bonchev–Trinajstić information content (AvgIpc) is 4.01. The molecule has 0 bridgehead atoms. The van der Waals surface area contributed by atoms with Gasteiger partial charge in [0.05, 0.1) is 68.3 Å². The smallest absolute Gasteiger partial charge is 0.407 e. The first-order chi connectivity index (χ1) is 33.0. The Labute approximate surface area is 417 Å². The van der Waals surface area contributed by atoms with Crippen molar-refractivity contribution in [1.82, 2.24) is 30.2 Å². The summed E-state index contributed by atoms with van der Waals surface area (Å²) in [7, 11) is 0. The highest BCUT2D eigenvalue weighted by Gasteiger charge is 2.32. The SMILES string of the molecule is Cc1nc(Nc2ncc(C(=O)Nc3c(C)cccc3Cl)s2)cc(N2CCN(CCOCCOCCOCCNC(=O)OCc3ccc(C4CC(c5ccc(Br)cc5)=NN4C(=O)CCl)cc3)CC2)n1. The van der Waals surface area contributed by atoms with Crippen LogP contribution in [0.5, 0.6) is 0 Å². The number of halogens is 3. The number of thiazole rings is 1. The van der Waals surface area contributed by atoms with Crippen molar-refractivity contribution in [2.75, 3.05) is 100 Å². The van der Waals surface area contributed by atoms with Crippen LogP contribution in [0.4, 0.5) is 27.2 Å². The van der Waals surface area contributed by atoms with E-state index in [1.807, 2.05) is 80.6 Å². The van der Waals surface area contributed by atoms with Crippen LogP contribution in [0.25, 0.3) is 0 Å². The van der Waals surface area contributed by atoms with Crippen LogP contribution >= 0.6 is 50.5 Å². The molecule has 17 nitrogen and oxygen atoms in total. The molecule has 1 saturated heterocycles. The van der Waals surface area contributed by atoms with Crippen molar-refractivity contribution in [3.63, 3.8) is 0 Å². The summed E-state index contributed by atoms with van der Waals surface area (Å²) in [6.07, 6.45) is 1.54. The lowest BCUT2D eigenvalue weighted by Gasteiger charge is -2.35. The van der Waals surface area contributed by atoms with Crippen LogP contribution in [0.2, 0.25) is 5.02 Å². The lowest BCUT2D eigenvalue weighted by atomic mass is 9.97. The van der Waals surface area contributed by atoms with Gasteiger partial charge in [-0.15, -0.1) is 11.6 Å². The number of benzene rings is 3. The van der Waals surface area contributed by atoms with Gasteiger partial charge in [0, 0.05) is 56.2 Å². The second-order valence-electron chi connectivity index (χ2n) is 15.8. The van der Waals surface area contributed by atoms with Gasteiger partial charge in [-0.25, -0.2) is 24.8 Å². The predicted octanol–water partition coefficient (Wildman–Crippen LogP) is 7.98. The molecule has 5 aromatic rings. The first kappa shape index (κ1) is 50.6. The van der Waals surface area contributed by atoms with E-state index in [1.165, 1.54) is 22.5 Å². The Morgan fingerprint density at radius 1 is 0.882 bits per heavy atom. The molecule has 2 aliphatic heterocycles. The first-order valence-electron chi connectivity index (χ1n) is 22.1. The number of carbonyl (C=O) groups excluding carboxylic acids is 3. The van der Waals surface area contributed by atoms with Gasteiger partial charge in [0.25, 0.3) is 11.8 Å². The molecule has 2 aromatic heterocycles. The van der Waals surface area contributed by atoms with Crippen molar-refractivity contribution in [1.29, 1.82) is 0 Å². The Kier molecular flexibility index (Phi) is 18.9. The van der Waals surface area contributed by atoms with E-state index >= 15 is 0 Å². The molecule has 4 heterocycles. The monoisotopic (exact) mass is 1050 g/mol. The van der Waals surface area contributed by atoms with E-state index in [-0.39, 0.29) is 30.3 Å². The normalized spacial score (nSPS) is 15.0. The number of aryl methyl sites for hydroxylation is 2. The van der Waals surface area contributed by atoms with E-state index in [4.69, 9.17) is 42.1 Å². The third-order valence-corrected chi connectivity index (χ3v) is 12.9. The molecule has 21 heteroatoms. The molecule has 3 aromatic carbocycles. The summed E-state index contributed by atoms with van der Waals surface area (Å²) in [5, 5.41) is 15.9. The van der Waals surface area contributed by atoms with Crippen LogP contribution in [-0.4, -0.2) is 133 Å². The quantitative estimate of drug-likeness (QED) is 0.0448. The molecular weight excluding hydrogens is 999 g/mol. The van der Waals surface area contributed by atoms with Crippen LogP contribution < -0.4 is 20.9 Å². The van der Waals surface area contributed by atoms with Gasteiger partial charge in [-0.1, -0.05) is 87.4 Å². The Balaban J connectivity index is 0.698. The maximum Gasteiger partial charge on any atom is 0.407 e. The molecule has 3 N–H and O–H groups in total. The molecule has 7 rings (SSSR count). The van der Waals surface area contributed by atoms with Crippen molar-refractivity contribution in [3.8, 4) is 0 Å². The third kappa shape index (κ3) is 14.6. The molecule has 0 aliphatic carbocycles. The minimum atomic E-state index is -0.545. The Hall–Kier alpha value is -5.25. The van der Waals surface area contributed by atoms with Crippen molar-refractivity contribution >= 4 is 96.5 Å². The fraction of sp³-hybridized carbons (Fsp3) is 0.383. The summed E-state index contributed by atoms with van der Waals surface area (Å²) in [6, 6.07) is 22.5. The molecule has 1 atom stereocenters. The number of alkyl carbamates (subject to hydrolysis) is 1. The number of para-hydroxylation sites is 1. The topological polar surface area (TPSA) is 185 Å². The van der Waals surface area contributed by atoms with Crippen LogP contribution in [0, 0.1) is 13.8 Å². The summed E-state index contributed by atoms with van der Waals surface area (Å²) >= 11 is 16.9. The van der Waals surface area contributed by atoms with Gasteiger partial charge in [0.15, 0.2) is 5.13 Å². The van der Waals surface area contributed by atoms with Gasteiger partial charge in [0.1, 0.15) is 34.8 Å². The van der Waals surface area contributed by atoms with Crippen LogP contribution in [-0.2, 0) is 30.3 Å². The fourth-order valence-electron chi connectivity index (χ4n) is 7.36. The second kappa shape index (κ2) is 25.4. The summed E-state index contributed by atoms with van der Waals surface area (Å²) < 4.78 is 23.4. The van der Waals surface area contributed by atoms with Crippen molar-refractivity contribution in [2.24, 2.45) is 5.10 Å². The summed E-state index contributed by atoms with van der Waals surface area (Å²) in [5.74, 6) is 1.34. The zero-order valence-electron chi connectivity index (χ0n) is 37.7. The Bertz CT molecular complexity index is 2490. The number of piperazine rings is 1. The van der Waals surface area contributed by atoms with E-state index < -0.39 is 6.09 Å². The van der Waals surface area contributed by atoms with Crippen molar-refractivity contribution in [3.05, 3.63) is 121 Å². The molecule has 0 spiro atoms. The average molecular weight is 1050 g/mol. The number of amides is 3. The number of nitrogens with one attached hydrogen (secondary N) is 3. The number of hydrogen-bond donors (Lipinski definition) is 3. The first-order valence-corrected chi connectivity index (χ1v) is 24.6. The van der Waals surface area contributed by atoms with Crippen molar-refractivity contribution < 1.29 is 33.3 Å². The minimum absolute atomic E-state index is 0.0908. The third-order valence-electron chi connectivity index (χ3n) is 10.9. The molecule has 3 amide bonds. The number of nitrogens with zero attached hydrogens (tertiary/aromatic N) is 7. The van der Waals surface area contributed by atoms with E-state index in [1.54, 1.807) is 6.07 Å². The van der Waals surface area contributed by atoms with Crippen LogP contribution in [0.3, 0.4) is 0 Å². The van der Waals surface area contributed by atoms with Crippen LogP contribution in [0.1, 0.15) is 50.2 Å². The minimum Gasteiger partial charge on any atom is -0.445 e. The Morgan fingerprint density at radius 3 is 2.32 bits per heavy atom. The van der Waals surface area contributed by atoms with Gasteiger partial charge in [-0.05, 0) is 54.3 Å². The molecular formula is C47H53BrCl2N10O7S. The number of alkyl halides is 1. The second-order valence-corrected chi connectivity index (χ2v) is 18.4. The molecule has 0 radical (unpaired) electrons. The van der Waals surface area contributed by atoms with Gasteiger partial charge >= 0.3 is 6.09 Å². The van der Waals surface area contributed by atoms with E-state index in [9.17, 15) is 14.4 Å². The van der Waals surface area contributed by atoms with Gasteiger partial charge < -0.3 is 39.8 Å². The number of ether oxygens (including phenoxy) is 4. The van der Waals surface area contributed by atoms with E-state index in [0.29, 0.717) is 85.0 Å².